The molecular weight excluding hydrogens is 170 g/mol. The lowest BCUT2D eigenvalue weighted by molar-refractivity contribution is 0.866. The maximum Gasteiger partial charge on any atom is 0.0992 e. The molecule has 0 bridgehead atoms. The van der Waals surface area contributed by atoms with Crippen LogP contribution in [0.25, 0.3) is 0 Å². The Balaban J connectivity index is 3.17. The van der Waals surface area contributed by atoms with E-state index in [-0.39, 0.29) is 0 Å². The highest BCUT2D eigenvalue weighted by Crippen LogP contribution is 2.20. The number of hydrogen-bond donors (Lipinski definition) is 0. The molecule has 1 aromatic rings. The van der Waals surface area contributed by atoms with E-state index in [1.807, 2.05) is 12.1 Å². The third kappa shape index (κ3) is 1.99. The molecule has 0 saturated heterocycles. The van der Waals surface area contributed by atoms with Crippen molar-refractivity contribution in [1.82, 2.24) is 0 Å². The van der Waals surface area contributed by atoms with E-state index in [0.29, 0.717) is 16.5 Å². The van der Waals surface area contributed by atoms with Gasteiger partial charge in [0.1, 0.15) is 0 Å². The minimum atomic E-state index is 0.413. The molecule has 0 N–H and O–H groups in total. The Morgan fingerprint density at radius 2 is 2.00 bits per heavy atom. The maximum atomic E-state index is 8.66. The van der Waals surface area contributed by atoms with Crippen LogP contribution in [0, 0.1) is 11.3 Å². The van der Waals surface area contributed by atoms with Crippen molar-refractivity contribution in [2.24, 2.45) is 0 Å². The van der Waals surface area contributed by atoms with Crippen molar-refractivity contribution in [3.63, 3.8) is 0 Å². The SMILES string of the molecule is CC(C)c1cc(Cl)cc(C#N)c1. The molecule has 0 atom stereocenters. The third-order valence-corrected chi connectivity index (χ3v) is 1.93. The van der Waals surface area contributed by atoms with Crippen molar-refractivity contribution >= 4 is 11.6 Å². The highest BCUT2D eigenvalue weighted by atomic mass is 35.5. The largest absolute Gasteiger partial charge is 0.192 e. The van der Waals surface area contributed by atoms with Gasteiger partial charge >= 0.3 is 0 Å². The summed E-state index contributed by atoms with van der Waals surface area (Å²) in [6.07, 6.45) is 0. The number of rotatable bonds is 1. The van der Waals surface area contributed by atoms with E-state index >= 15 is 0 Å². The predicted octanol–water partition coefficient (Wildman–Crippen LogP) is 3.34. The number of nitriles is 1. The standard InChI is InChI=1S/C10H10ClN/c1-7(2)9-3-8(6-12)4-10(11)5-9/h3-5,7H,1-2H3. The average molecular weight is 180 g/mol. The van der Waals surface area contributed by atoms with Crippen LogP contribution >= 0.6 is 11.6 Å². The summed E-state index contributed by atoms with van der Waals surface area (Å²) in [5, 5.41) is 9.30. The van der Waals surface area contributed by atoms with Gasteiger partial charge in [0.15, 0.2) is 0 Å². The van der Waals surface area contributed by atoms with Gasteiger partial charge in [-0.05, 0) is 29.7 Å². The van der Waals surface area contributed by atoms with Crippen LogP contribution in [0.4, 0.5) is 0 Å². The summed E-state index contributed by atoms with van der Waals surface area (Å²) >= 11 is 5.82. The lowest BCUT2D eigenvalue weighted by atomic mass is 10.0. The molecule has 1 nitrogen and oxygen atoms in total. The fourth-order valence-electron chi connectivity index (χ4n) is 1.01. The minimum absolute atomic E-state index is 0.413. The van der Waals surface area contributed by atoms with Gasteiger partial charge in [-0.3, -0.25) is 0 Å². The fraction of sp³-hybridized carbons (Fsp3) is 0.300. The van der Waals surface area contributed by atoms with Crippen molar-refractivity contribution in [1.29, 1.82) is 5.26 Å². The van der Waals surface area contributed by atoms with Gasteiger partial charge in [0.25, 0.3) is 0 Å². The second kappa shape index (κ2) is 3.60. The summed E-state index contributed by atoms with van der Waals surface area (Å²) in [7, 11) is 0. The molecule has 0 amide bonds. The van der Waals surface area contributed by atoms with Gasteiger partial charge in [-0.2, -0.15) is 5.26 Å². The lowest BCUT2D eigenvalue weighted by Crippen LogP contribution is -1.88. The molecule has 0 heterocycles. The summed E-state index contributed by atoms with van der Waals surface area (Å²) in [4.78, 5) is 0. The number of benzene rings is 1. The zero-order chi connectivity index (χ0) is 9.14. The van der Waals surface area contributed by atoms with Gasteiger partial charge in [-0.25, -0.2) is 0 Å². The number of hydrogen-bond acceptors (Lipinski definition) is 1. The molecule has 1 rings (SSSR count). The van der Waals surface area contributed by atoms with E-state index in [4.69, 9.17) is 16.9 Å². The zero-order valence-electron chi connectivity index (χ0n) is 7.13. The normalized spacial score (nSPS) is 9.92. The maximum absolute atomic E-state index is 8.66. The Labute approximate surface area is 77.6 Å². The molecule has 0 fully saturated rings. The van der Waals surface area contributed by atoms with Gasteiger partial charge in [0.2, 0.25) is 0 Å². The van der Waals surface area contributed by atoms with Gasteiger partial charge in [0, 0.05) is 5.02 Å². The van der Waals surface area contributed by atoms with E-state index in [1.54, 1.807) is 6.07 Å². The highest BCUT2D eigenvalue weighted by molar-refractivity contribution is 6.30. The Bertz CT molecular complexity index is 323. The first-order valence-corrected chi connectivity index (χ1v) is 4.22. The zero-order valence-corrected chi connectivity index (χ0v) is 7.89. The monoisotopic (exact) mass is 179 g/mol. The Morgan fingerprint density at radius 1 is 1.33 bits per heavy atom. The number of nitrogens with zero attached hydrogens (tertiary/aromatic N) is 1. The summed E-state index contributed by atoms with van der Waals surface area (Å²) in [5.41, 5.74) is 1.74. The van der Waals surface area contributed by atoms with E-state index in [9.17, 15) is 0 Å². The van der Waals surface area contributed by atoms with Crippen LogP contribution in [0.15, 0.2) is 18.2 Å². The van der Waals surface area contributed by atoms with E-state index in [1.165, 1.54) is 0 Å². The predicted molar refractivity (Wildman–Crippen MR) is 50.3 cm³/mol. The topological polar surface area (TPSA) is 23.8 Å². The summed E-state index contributed by atoms with van der Waals surface area (Å²) < 4.78 is 0. The van der Waals surface area contributed by atoms with Crippen LogP contribution in [-0.4, -0.2) is 0 Å². The van der Waals surface area contributed by atoms with Crippen molar-refractivity contribution in [3.05, 3.63) is 34.3 Å². The van der Waals surface area contributed by atoms with E-state index in [2.05, 4.69) is 19.9 Å². The van der Waals surface area contributed by atoms with Crippen LogP contribution in [0.1, 0.15) is 30.9 Å². The molecule has 2 heteroatoms. The first-order valence-electron chi connectivity index (χ1n) is 3.84. The molecule has 0 unspecified atom stereocenters. The molecule has 0 saturated carbocycles. The van der Waals surface area contributed by atoms with Crippen LogP contribution in [0.5, 0.6) is 0 Å². The summed E-state index contributed by atoms with van der Waals surface area (Å²) in [5.74, 6) is 0.413. The molecule has 1 aromatic carbocycles. The van der Waals surface area contributed by atoms with Crippen LogP contribution in [0.2, 0.25) is 5.02 Å². The molecule has 62 valence electrons. The molecule has 0 aliphatic heterocycles. The molecule has 0 spiro atoms. The Morgan fingerprint density at radius 3 is 2.50 bits per heavy atom. The second-order valence-corrected chi connectivity index (χ2v) is 3.48. The van der Waals surface area contributed by atoms with E-state index < -0.39 is 0 Å². The van der Waals surface area contributed by atoms with Gasteiger partial charge in [-0.1, -0.05) is 25.4 Å². The molecule has 0 radical (unpaired) electrons. The first-order chi connectivity index (χ1) is 5.63. The minimum Gasteiger partial charge on any atom is -0.192 e. The van der Waals surface area contributed by atoms with Crippen molar-refractivity contribution < 1.29 is 0 Å². The molecule has 0 aliphatic rings. The lowest BCUT2D eigenvalue weighted by Gasteiger charge is -2.05. The summed E-state index contributed by atoms with van der Waals surface area (Å²) in [6, 6.07) is 7.52. The smallest absolute Gasteiger partial charge is 0.0992 e. The van der Waals surface area contributed by atoms with Crippen LogP contribution < -0.4 is 0 Å². The molecule has 12 heavy (non-hydrogen) atoms. The molecular formula is C10H10ClN. The van der Waals surface area contributed by atoms with E-state index in [0.717, 1.165) is 5.56 Å². The van der Waals surface area contributed by atoms with Gasteiger partial charge in [0.05, 0.1) is 11.6 Å². The van der Waals surface area contributed by atoms with Crippen LogP contribution in [-0.2, 0) is 0 Å². The highest BCUT2D eigenvalue weighted by Gasteiger charge is 2.02. The van der Waals surface area contributed by atoms with Gasteiger partial charge < -0.3 is 0 Å². The average Bonchev–Trinajstić information content (AvgIpc) is 2.03. The fourth-order valence-corrected chi connectivity index (χ4v) is 1.25. The first kappa shape index (κ1) is 9.09. The number of halogens is 1. The quantitative estimate of drug-likeness (QED) is 0.649. The Kier molecular flexibility index (Phi) is 2.73. The summed E-state index contributed by atoms with van der Waals surface area (Å²) in [6.45, 7) is 4.15. The van der Waals surface area contributed by atoms with Gasteiger partial charge in [-0.15, -0.1) is 0 Å². The third-order valence-electron chi connectivity index (χ3n) is 1.72. The molecule has 0 aliphatic carbocycles. The van der Waals surface area contributed by atoms with Crippen molar-refractivity contribution in [2.45, 2.75) is 19.8 Å². The Hall–Kier alpha value is -1.00. The second-order valence-electron chi connectivity index (χ2n) is 3.04. The van der Waals surface area contributed by atoms with Crippen LogP contribution in [0.3, 0.4) is 0 Å². The molecule has 0 aromatic heterocycles. The van der Waals surface area contributed by atoms with Crippen molar-refractivity contribution in [2.75, 3.05) is 0 Å². The van der Waals surface area contributed by atoms with Crippen molar-refractivity contribution in [3.8, 4) is 6.07 Å².